The summed E-state index contributed by atoms with van der Waals surface area (Å²) in [6.07, 6.45) is 6.81. The highest BCUT2D eigenvalue weighted by Crippen LogP contribution is 2.30. The molecule has 0 aliphatic heterocycles. The van der Waals surface area contributed by atoms with Gasteiger partial charge in [-0.15, -0.1) is 0 Å². The minimum atomic E-state index is -0.0821. The summed E-state index contributed by atoms with van der Waals surface area (Å²) in [6.45, 7) is 2.12. The summed E-state index contributed by atoms with van der Waals surface area (Å²) in [5.74, 6) is 0.820. The highest BCUT2D eigenvalue weighted by molar-refractivity contribution is 5.94. The molecular formula is C21H23N3O2. The molecule has 2 aliphatic rings. The smallest absolute Gasteiger partial charge is 0.273 e. The van der Waals surface area contributed by atoms with Gasteiger partial charge in [0, 0.05) is 34.6 Å². The molecule has 0 spiro atoms. The number of hydrogen-bond donors (Lipinski definition) is 2. The van der Waals surface area contributed by atoms with E-state index in [0.717, 1.165) is 56.3 Å². The van der Waals surface area contributed by atoms with E-state index in [1.165, 1.54) is 27.7 Å². The number of carbonyl (C=O) groups is 1. The first-order valence-electron chi connectivity index (χ1n) is 9.57. The molecule has 134 valence electrons. The molecule has 2 aliphatic carbocycles. The molecule has 5 heteroatoms. The van der Waals surface area contributed by atoms with Crippen LogP contribution in [-0.2, 0) is 25.7 Å². The summed E-state index contributed by atoms with van der Waals surface area (Å²) < 4.78 is 5.40. The van der Waals surface area contributed by atoms with Crippen molar-refractivity contribution in [2.24, 2.45) is 0 Å². The fourth-order valence-electron chi connectivity index (χ4n) is 4.47. The van der Waals surface area contributed by atoms with Crippen molar-refractivity contribution >= 4 is 16.8 Å². The molecule has 2 heterocycles. The Kier molecular flexibility index (Phi) is 3.62. The molecule has 2 aromatic heterocycles. The number of aryl methyl sites for hydroxylation is 3. The Hall–Kier alpha value is -2.56. The zero-order valence-corrected chi connectivity index (χ0v) is 15.0. The van der Waals surface area contributed by atoms with Crippen LogP contribution in [0.25, 0.3) is 10.9 Å². The van der Waals surface area contributed by atoms with Crippen LogP contribution >= 0.6 is 0 Å². The molecule has 0 radical (unpaired) electrons. The zero-order chi connectivity index (χ0) is 17.7. The Bertz CT molecular complexity index is 998. The number of H-pyrrole nitrogens is 1. The summed E-state index contributed by atoms with van der Waals surface area (Å²) in [7, 11) is 0. The summed E-state index contributed by atoms with van der Waals surface area (Å²) in [6, 6.07) is 6.67. The van der Waals surface area contributed by atoms with E-state index < -0.39 is 0 Å². The van der Waals surface area contributed by atoms with Crippen LogP contribution in [0.4, 0.5) is 0 Å². The van der Waals surface area contributed by atoms with Gasteiger partial charge in [0.1, 0.15) is 5.76 Å². The third kappa shape index (κ3) is 2.54. The van der Waals surface area contributed by atoms with E-state index in [-0.39, 0.29) is 11.9 Å². The molecule has 0 bridgehead atoms. The molecule has 3 aromatic rings. The maximum absolute atomic E-state index is 12.8. The molecule has 2 N–H and O–H groups in total. The summed E-state index contributed by atoms with van der Waals surface area (Å²) in [4.78, 5) is 16.3. The Morgan fingerprint density at radius 2 is 2.12 bits per heavy atom. The SMILES string of the molecule is Cc1ccc2[nH]c3c(c2c1)CC(NC(=O)c1noc2c1CCCC2)CC3. The molecule has 5 rings (SSSR count). The second-order valence-corrected chi connectivity index (χ2v) is 7.68. The number of nitrogens with one attached hydrogen (secondary N) is 2. The highest BCUT2D eigenvalue weighted by atomic mass is 16.5. The monoisotopic (exact) mass is 349 g/mol. The van der Waals surface area contributed by atoms with Gasteiger partial charge in [-0.1, -0.05) is 16.8 Å². The van der Waals surface area contributed by atoms with E-state index in [1.54, 1.807) is 0 Å². The first-order chi connectivity index (χ1) is 12.7. The Morgan fingerprint density at radius 1 is 1.23 bits per heavy atom. The van der Waals surface area contributed by atoms with Crippen LogP contribution in [0.15, 0.2) is 22.7 Å². The number of benzene rings is 1. The van der Waals surface area contributed by atoms with Gasteiger partial charge in [0.25, 0.3) is 5.91 Å². The van der Waals surface area contributed by atoms with Crippen molar-refractivity contribution in [3.63, 3.8) is 0 Å². The minimum Gasteiger partial charge on any atom is -0.360 e. The maximum Gasteiger partial charge on any atom is 0.273 e. The quantitative estimate of drug-likeness (QED) is 0.742. The average Bonchev–Trinajstić information content (AvgIpc) is 3.23. The Labute approximate surface area is 152 Å². The molecule has 5 nitrogen and oxygen atoms in total. The van der Waals surface area contributed by atoms with E-state index in [2.05, 4.69) is 40.6 Å². The van der Waals surface area contributed by atoms with Gasteiger partial charge in [0.2, 0.25) is 0 Å². The first-order valence-corrected chi connectivity index (χ1v) is 9.57. The average molecular weight is 349 g/mol. The van der Waals surface area contributed by atoms with Crippen LogP contribution in [0.2, 0.25) is 0 Å². The van der Waals surface area contributed by atoms with Gasteiger partial charge >= 0.3 is 0 Å². The molecule has 1 amide bonds. The number of aromatic amines is 1. The van der Waals surface area contributed by atoms with Gasteiger partial charge in [0.05, 0.1) is 0 Å². The largest absolute Gasteiger partial charge is 0.360 e. The van der Waals surface area contributed by atoms with E-state index in [0.29, 0.717) is 5.69 Å². The lowest BCUT2D eigenvalue weighted by molar-refractivity contribution is 0.0923. The van der Waals surface area contributed by atoms with Crippen LogP contribution in [0.5, 0.6) is 0 Å². The second-order valence-electron chi connectivity index (χ2n) is 7.68. The number of rotatable bonds is 2. The topological polar surface area (TPSA) is 70.9 Å². The van der Waals surface area contributed by atoms with Crippen LogP contribution in [-0.4, -0.2) is 22.1 Å². The maximum atomic E-state index is 12.8. The molecule has 1 atom stereocenters. The number of fused-ring (bicyclic) bond motifs is 4. The predicted octanol–water partition coefficient (Wildman–Crippen LogP) is 3.63. The van der Waals surface area contributed by atoms with Gasteiger partial charge < -0.3 is 14.8 Å². The van der Waals surface area contributed by atoms with Gasteiger partial charge in [-0.3, -0.25) is 4.79 Å². The number of nitrogens with zero attached hydrogens (tertiary/aromatic N) is 1. The molecule has 0 fully saturated rings. The number of aromatic nitrogens is 2. The van der Waals surface area contributed by atoms with E-state index in [1.807, 2.05) is 0 Å². The van der Waals surface area contributed by atoms with Crippen molar-refractivity contribution in [2.45, 2.75) is 57.9 Å². The van der Waals surface area contributed by atoms with Crippen LogP contribution in [0.1, 0.15) is 57.9 Å². The molecular weight excluding hydrogens is 326 g/mol. The van der Waals surface area contributed by atoms with Crippen molar-refractivity contribution in [1.29, 1.82) is 0 Å². The van der Waals surface area contributed by atoms with Gasteiger partial charge in [-0.05, 0) is 63.1 Å². The third-order valence-electron chi connectivity index (χ3n) is 5.84. The fraction of sp³-hybridized carbons (Fsp3) is 0.429. The lowest BCUT2D eigenvalue weighted by atomic mass is 9.90. The predicted molar refractivity (Wildman–Crippen MR) is 99.5 cm³/mol. The van der Waals surface area contributed by atoms with E-state index in [9.17, 15) is 4.79 Å². The summed E-state index contributed by atoms with van der Waals surface area (Å²) in [5.41, 5.74) is 6.64. The molecule has 0 saturated heterocycles. The zero-order valence-electron chi connectivity index (χ0n) is 15.0. The lowest BCUT2D eigenvalue weighted by Crippen LogP contribution is -2.39. The highest BCUT2D eigenvalue weighted by Gasteiger charge is 2.28. The molecule has 1 aromatic carbocycles. The lowest BCUT2D eigenvalue weighted by Gasteiger charge is -2.23. The van der Waals surface area contributed by atoms with Crippen molar-refractivity contribution in [3.8, 4) is 0 Å². The summed E-state index contributed by atoms with van der Waals surface area (Å²) >= 11 is 0. The van der Waals surface area contributed by atoms with Crippen molar-refractivity contribution in [2.75, 3.05) is 0 Å². The fourth-order valence-corrected chi connectivity index (χ4v) is 4.47. The van der Waals surface area contributed by atoms with E-state index >= 15 is 0 Å². The first kappa shape index (κ1) is 15.7. The number of carbonyl (C=O) groups excluding carboxylic acids is 1. The molecule has 1 unspecified atom stereocenters. The van der Waals surface area contributed by atoms with Crippen molar-refractivity contribution in [1.82, 2.24) is 15.5 Å². The van der Waals surface area contributed by atoms with Crippen molar-refractivity contribution < 1.29 is 9.32 Å². The standard InChI is InChI=1S/C21H23N3O2/c1-12-6-8-17-15(10-12)16-11-13(7-9-18(16)23-17)22-21(25)20-14-4-2-3-5-19(14)26-24-20/h6,8,10,13,23H,2-5,7,9,11H2,1H3,(H,22,25). The second kappa shape index (κ2) is 6.01. The number of hydrogen-bond acceptors (Lipinski definition) is 3. The van der Waals surface area contributed by atoms with Gasteiger partial charge in [-0.25, -0.2) is 0 Å². The number of amides is 1. The normalized spacial score (nSPS) is 19.2. The van der Waals surface area contributed by atoms with Gasteiger partial charge in [0.15, 0.2) is 5.69 Å². The summed E-state index contributed by atoms with van der Waals surface area (Å²) in [5, 5.41) is 8.56. The van der Waals surface area contributed by atoms with Crippen LogP contribution in [0, 0.1) is 6.92 Å². The van der Waals surface area contributed by atoms with E-state index in [4.69, 9.17) is 4.52 Å². The van der Waals surface area contributed by atoms with Gasteiger partial charge in [-0.2, -0.15) is 0 Å². The van der Waals surface area contributed by atoms with Crippen LogP contribution in [0.3, 0.4) is 0 Å². The Morgan fingerprint density at radius 3 is 3.04 bits per heavy atom. The molecule has 0 saturated carbocycles. The third-order valence-corrected chi connectivity index (χ3v) is 5.84. The van der Waals surface area contributed by atoms with Crippen molar-refractivity contribution in [3.05, 3.63) is 52.0 Å². The Balaban J connectivity index is 1.38. The minimum absolute atomic E-state index is 0.0821. The van der Waals surface area contributed by atoms with Crippen LogP contribution < -0.4 is 5.32 Å². The molecule has 26 heavy (non-hydrogen) atoms.